The fourth-order valence-electron chi connectivity index (χ4n) is 5.25. The molecule has 6 nitrogen and oxygen atoms in total. The van der Waals surface area contributed by atoms with E-state index >= 15 is 0 Å². The number of unbranched alkanes of at least 4 members (excludes halogenated alkanes) is 1. The maximum absolute atomic E-state index is 13.1. The summed E-state index contributed by atoms with van der Waals surface area (Å²) in [6.45, 7) is 9.49. The number of hydrogen-bond donors (Lipinski definition) is 0. The van der Waals surface area contributed by atoms with Gasteiger partial charge in [0.15, 0.2) is 0 Å². The molecular weight excluding hydrogens is 400 g/mol. The zero-order chi connectivity index (χ0) is 22.9. The first kappa shape index (κ1) is 22.3. The summed E-state index contributed by atoms with van der Waals surface area (Å²) in [6, 6.07) is 12.6. The SMILES string of the molecule is CCCCn1c(C)c2c(c1C)C(=O)N(CCN1CCC(C#N)(c3ccccc3)CC1)C2=O. The third-order valence-electron chi connectivity index (χ3n) is 7.33. The standard InChI is InChI=1S/C26H32N4O2/c1-4-5-13-29-19(2)22-23(20(29)3)25(32)30(24(22)31)17-16-28-14-11-26(18-27,12-15-28)21-9-7-6-8-10-21/h6-10H,4-5,11-17H2,1-3H3. The summed E-state index contributed by atoms with van der Waals surface area (Å²) in [7, 11) is 0. The van der Waals surface area contributed by atoms with E-state index < -0.39 is 5.41 Å². The van der Waals surface area contributed by atoms with Crippen molar-refractivity contribution in [1.82, 2.24) is 14.4 Å². The Labute approximate surface area is 190 Å². The first-order valence-corrected chi connectivity index (χ1v) is 11.7. The van der Waals surface area contributed by atoms with Crippen LogP contribution in [0.2, 0.25) is 0 Å². The summed E-state index contributed by atoms with van der Waals surface area (Å²) < 4.78 is 2.12. The molecule has 1 fully saturated rings. The number of carbonyl (C=O) groups is 2. The van der Waals surface area contributed by atoms with Gasteiger partial charge in [-0.2, -0.15) is 5.26 Å². The number of amides is 2. The second-order valence-corrected chi connectivity index (χ2v) is 9.09. The normalized spacial score (nSPS) is 18.1. The van der Waals surface area contributed by atoms with Crippen molar-refractivity contribution < 1.29 is 9.59 Å². The summed E-state index contributed by atoms with van der Waals surface area (Å²) in [5.41, 5.74) is 3.64. The molecule has 32 heavy (non-hydrogen) atoms. The number of nitriles is 1. The highest BCUT2D eigenvalue weighted by atomic mass is 16.2. The molecule has 0 aliphatic carbocycles. The van der Waals surface area contributed by atoms with Crippen molar-refractivity contribution in [1.29, 1.82) is 5.26 Å². The second kappa shape index (κ2) is 8.91. The van der Waals surface area contributed by atoms with Crippen LogP contribution in [-0.2, 0) is 12.0 Å². The number of benzene rings is 1. The molecule has 6 heteroatoms. The van der Waals surface area contributed by atoms with Crippen LogP contribution < -0.4 is 0 Å². The maximum Gasteiger partial charge on any atom is 0.263 e. The van der Waals surface area contributed by atoms with Crippen molar-refractivity contribution in [3.05, 3.63) is 58.4 Å². The topological polar surface area (TPSA) is 69.3 Å². The third-order valence-corrected chi connectivity index (χ3v) is 7.33. The second-order valence-electron chi connectivity index (χ2n) is 9.09. The summed E-state index contributed by atoms with van der Waals surface area (Å²) in [6.07, 6.45) is 3.62. The van der Waals surface area contributed by atoms with E-state index in [1.165, 1.54) is 4.90 Å². The molecule has 0 radical (unpaired) electrons. The van der Waals surface area contributed by atoms with Crippen LogP contribution in [-0.4, -0.2) is 52.4 Å². The molecule has 4 rings (SSSR count). The van der Waals surface area contributed by atoms with E-state index in [1.54, 1.807) is 0 Å². The van der Waals surface area contributed by atoms with Crippen LogP contribution >= 0.6 is 0 Å². The Hall–Kier alpha value is -2.91. The molecular formula is C26H32N4O2. The Balaban J connectivity index is 1.40. The van der Waals surface area contributed by atoms with Crippen molar-refractivity contribution >= 4 is 11.8 Å². The number of hydrogen-bond acceptors (Lipinski definition) is 4. The fourth-order valence-corrected chi connectivity index (χ4v) is 5.25. The van der Waals surface area contributed by atoms with Gasteiger partial charge < -0.3 is 9.47 Å². The molecule has 168 valence electrons. The Morgan fingerprint density at radius 2 is 1.53 bits per heavy atom. The van der Waals surface area contributed by atoms with Gasteiger partial charge in [0.05, 0.1) is 22.6 Å². The number of fused-ring (bicyclic) bond motifs is 1. The van der Waals surface area contributed by atoms with Crippen LogP contribution in [0.1, 0.15) is 70.3 Å². The van der Waals surface area contributed by atoms with Crippen LogP contribution in [0.3, 0.4) is 0 Å². The Kier molecular flexibility index (Phi) is 6.21. The van der Waals surface area contributed by atoms with E-state index in [4.69, 9.17) is 0 Å². The zero-order valence-electron chi connectivity index (χ0n) is 19.4. The Bertz CT molecular complexity index is 1020. The number of carbonyl (C=O) groups excluding carboxylic acids is 2. The number of likely N-dealkylation sites (tertiary alicyclic amines) is 1. The highest BCUT2D eigenvalue weighted by molar-refractivity contribution is 6.22. The monoisotopic (exact) mass is 432 g/mol. The third kappa shape index (κ3) is 3.65. The Morgan fingerprint density at radius 3 is 2.06 bits per heavy atom. The average molecular weight is 433 g/mol. The van der Waals surface area contributed by atoms with Gasteiger partial charge in [0, 0.05) is 44.1 Å². The van der Waals surface area contributed by atoms with Gasteiger partial charge in [-0.3, -0.25) is 14.5 Å². The number of aromatic nitrogens is 1. The quantitative estimate of drug-likeness (QED) is 0.619. The molecule has 2 aromatic rings. The van der Waals surface area contributed by atoms with Gasteiger partial charge in [-0.15, -0.1) is 0 Å². The van der Waals surface area contributed by atoms with E-state index in [1.807, 2.05) is 44.2 Å². The highest BCUT2D eigenvalue weighted by Crippen LogP contribution is 2.35. The minimum atomic E-state index is -0.445. The molecule has 0 N–H and O–H groups in total. The number of nitrogens with zero attached hydrogens (tertiary/aromatic N) is 4. The predicted molar refractivity (Wildman–Crippen MR) is 124 cm³/mol. The Morgan fingerprint density at radius 1 is 0.938 bits per heavy atom. The largest absolute Gasteiger partial charge is 0.348 e. The van der Waals surface area contributed by atoms with E-state index in [9.17, 15) is 14.9 Å². The van der Waals surface area contributed by atoms with Gasteiger partial charge in [0.1, 0.15) is 0 Å². The molecule has 1 aromatic heterocycles. The highest BCUT2D eigenvalue weighted by Gasteiger charge is 2.41. The van der Waals surface area contributed by atoms with Crippen LogP contribution in [0.5, 0.6) is 0 Å². The van der Waals surface area contributed by atoms with Gasteiger partial charge in [-0.1, -0.05) is 43.7 Å². The lowest BCUT2D eigenvalue weighted by Gasteiger charge is -2.38. The molecule has 2 amide bonds. The lowest BCUT2D eigenvalue weighted by molar-refractivity contribution is 0.0624. The number of imide groups is 1. The van der Waals surface area contributed by atoms with Gasteiger partial charge in [0.25, 0.3) is 11.8 Å². The molecule has 3 heterocycles. The average Bonchev–Trinajstić information content (AvgIpc) is 3.22. The van der Waals surface area contributed by atoms with E-state index in [2.05, 4.69) is 22.5 Å². The molecule has 2 aliphatic heterocycles. The van der Waals surface area contributed by atoms with Crippen LogP contribution in [0.25, 0.3) is 0 Å². The minimum Gasteiger partial charge on any atom is -0.348 e. The lowest BCUT2D eigenvalue weighted by Crippen LogP contribution is -2.45. The lowest BCUT2D eigenvalue weighted by atomic mass is 9.74. The molecule has 0 bridgehead atoms. The van der Waals surface area contributed by atoms with E-state index in [0.29, 0.717) is 24.2 Å². The summed E-state index contributed by atoms with van der Waals surface area (Å²) >= 11 is 0. The molecule has 0 saturated carbocycles. The molecule has 1 aromatic carbocycles. The summed E-state index contributed by atoms with van der Waals surface area (Å²) in [4.78, 5) is 29.9. The number of piperidine rings is 1. The van der Waals surface area contributed by atoms with Gasteiger partial charge in [0.2, 0.25) is 0 Å². The number of rotatable bonds is 7. The minimum absolute atomic E-state index is 0.159. The molecule has 0 spiro atoms. The summed E-state index contributed by atoms with van der Waals surface area (Å²) in [5, 5.41) is 9.89. The van der Waals surface area contributed by atoms with Crippen molar-refractivity contribution in [2.45, 2.75) is 58.4 Å². The van der Waals surface area contributed by atoms with Crippen molar-refractivity contribution in [3.63, 3.8) is 0 Å². The van der Waals surface area contributed by atoms with Gasteiger partial charge >= 0.3 is 0 Å². The zero-order valence-corrected chi connectivity index (χ0v) is 19.4. The summed E-state index contributed by atoms with van der Waals surface area (Å²) in [5.74, 6) is -0.318. The van der Waals surface area contributed by atoms with Crippen LogP contribution in [0, 0.1) is 25.2 Å². The van der Waals surface area contributed by atoms with Crippen LogP contribution in [0.4, 0.5) is 0 Å². The molecule has 1 saturated heterocycles. The van der Waals surface area contributed by atoms with E-state index in [-0.39, 0.29) is 11.8 Å². The fraction of sp³-hybridized carbons (Fsp3) is 0.500. The smallest absolute Gasteiger partial charge is 0.263 e. The molecule has 0 unspecified atom stereocenters. The van der Waals surface area contributed by atoms with Crippen molar-refractivity contribution in [2.24, 2.45) is 0 Å². The van der Waals surface area contributed by atoms with E-state index in [0.717, 1.165) is 62.3 Å². The predicted octanol–water partition coefficient (Wildman–Crippen LogP) is 4.06. The van der Waals surface area contributed by atoms with Crippen molar-refractivity contribution in [3.8, 4) is 6.07 Å². The van der Waals surface area contributed by atoms with Crippen molar-refractivity contribution in [2.75, 3.05) is 26.2 Å². The van der Waals surface area contributed by atoms with Crippen LogP contribution in [0.15, 0.2) is 30.3 Å². The van der Waals surface area contributed by atoms with Gasteiger partial charge in [-0.05, 0) is 38.7 Å². The van der Waals surface area contributed by atoms with Gasteiger partial charge in [-0.25, -0.2) is 0 Å². The first-order chi connectivity index (χ1) is 15.4. The molecule has 0 atom stereocenters. The molecule has 2 aliphatic rings. The maximum atomic E-state index is 13.1. The first-order valence-electron chi connectivity index (χ1n) is 11.7.